The molecule has 8 heteroatoms. The first kappa shape index (κ1) is 22.5. The molecule has 1 aliphatic heterocycles. The predicted molar refractivity (Wildman–Crippen MR) is 117 cm³/mol. The van der Waals surface area contributed by atoms with Gasteiger partial charge in [-0.25, -0.2) is 0 Å². The maximum Gasteiger partial charge on any atom is 0.219 e. The van der Waals surface area contributed by atoms with Crippen LogP contribution in [0.1, 0.15) is 30.9 Å². The Bertz CT molecular complexity index is 738. The molecule has 1 fully saturated rings. The topological polar surface area (TPSA) is 55.3 Å². The van der Waals surface area contributed by atoms with Crippen molar-refractivity contribution in [2.24, 2.45) is 0 Å². The first-order valence-corrected chi connectivity index (χ1v) is 11.3. The molecule has 1 aliphatic rings. The summed E-state index contributed by atoms with van der Waals surface area (Å²) in [5, 5.41) is 0.861. The van der Waals surface area contributed by atoms with Gasteiger partial charge in [0.05, 0.1) is 12.7 Å². The van der Waals surface area contributed by atoms with Crippen LogP contribution in [0.3, 0.4) is 0 Å². The summed E-state index contributed by atoms with van der Waals surface area (Å²) in [6.45, 7) is 3.80. The largest absolute Gasteiger partial charge is 0.373 e. The van der Waals surface area contributed by atoms with E-state index in [0.29, 0.717) is 6.61 Å². The number of hydrogen-bond donors (Lipinski definition) is 0. The van der Waals surface area contributed by atoms with Crippen molar-refractivity contribution < 1.29 is 9.53 Å². The van der Waals surface area contributed by atoms with E-state index >= 15 is 0 Å². The third-order valence-corrected chi connectivity index (χ3v) is 5.57. The second-order valence-corrected chi connectivity index (χ2v) is 8.56. The van der Waals surface area contributed by atoms with Crippen molar-refractivity contribution in [1.29, 1.82) is 0 Å². The number of halogens is 3. The molecule has 0 aliphatic carbocycles. The second-order valence-electron chi connectivity index (χ2n) is 6.17. The minimum Gasteiger partial charge on any atom is -0.373 e. The van der Waals surface area contributed by atoms with E-state index in [0.717, 1.165) is 45.8 Å². The van der Waals surface area contributed by atoms with E-state index < -0.39 is 0 Å². The molecule has 27 heavy (non-hydrogen) atoms. The number of piperidine rings is 1. The molecule has 0 aromatic carbocycles. The molecule has 0 bridgehead atoms. The zero-order valence-corrected chi connectivity index (χ0v) is 19.8. The maximum atomic E-state index is 11.2. The summed E-state index contributed by atoms with van der Waals surface area (Å²) < 4.78 is 7.85. The van der Waals surface area contributed by atoms with E-state index in [4.69, 9.17) is 4.74 Å². The molecule has 3 rings (SSSR count). The van der Waals surface area contributed by atoms with Crippen LogP contribution in [0, 0.1) is 0 Å². The zero-order valence-electron chi connectivity index (χ0n) is 15.1. The number of hydrogen-bond acceptors (Lipinski definition) is 4. The molecular formula is C19H22Br3N3O2. The van der Waals surface area contributed by atoms with Gasteiger partial charge < -0.3 is 9.64 Å². The fourth-order valence-electron chi connectivity index (χ4n) is 2.62. The minimum atomic E-state index is 0.157. The molecule has 2 aromatic rings. The van der Waals surface area contributed by atoms with Gasteiger partial charge in [0.1, 0.15) is 0 Å². The Hall–Kier alpha value is -0.830. The highest BCUT2D eigenvalue weighted by Gasteiger charge is 2.20. The molecule has 146 valence electrons. The van der Waals surface area contributed by atoms with Crippen molar-refractivity contribution >= 4 is 53.7 Å². The Labute approximate surface area is 185 Å². The summed E-state index contributed by atoms with van der Waals surface area (Å²) in [7, 11) is 0. The molecule has 5 nitrogen and oxygen atoms in total. The van der Waals surface area contributed by atoms with E-state index in [2.05, 4.69) is 57.8 Å². The van der Waals surface area contributed by atoms with E-state index in [1.807, 2.05) is 29.4 Å². The number of nitrogens with zero attached hydrogens (tertiary/aromatic N) is 3. The summed E-state index contributed by atoms with van der Waals surface area (Å²) in [6.07, 6.45) is 9.26. The fourth-order valence-corrected chi connectivity index (χ4v) is 3.75. The Morgan fingerprint density at radius 1 is 1.07 bits per heavy atom. The number of ether oxygens (including phenoxy) is 1. The van der Waals surface area contributed by atoms with Crippen LogP contribution >= 0.6 is 47.8 Å². The van der Waals surface area contributed by atoms with Crippen LogP contribution in [-0.4, -0.2) is 40.0 Å². The second kappa shape index (κ2) is 11.9. The maximum absolute atomic E-state index is 11.2. The van der Waals surface area contributed by atoms with E-state index in [1.54, 1.807) is 19.3 Å². The molecular weight excluding hydrogens is 542 g/mol. The fraction of sp³-hybridized carbons (Fsp3) is 0.421. The zero-order chi connectivity index (χ0) is 19.6. The SMILES string of the molecule is BrCc1cncc(Br)c1.CC(=O)N1CCC(OCc2cncc(Br)c2)CC1. The summed E-state index contributed by atoms with van der Waals surface area (Å²) in [4.78, 5) is 21.2. The van der Waals surface area contributed by atoms with Gasteiger partial charge in [0.2, 0.25) is 5.91 Å². The van der Waals surface area contributed by atoms with Crippen LogP contribution in [0.4, 0.5) is 0 Å². The van der Waals surface area contributed by atoms with Crippen LogP contribution < -0.4 is 0 Å². The Morgan fingerprint density at radius 2 is 1.63 bits per heavy atom. The Balaban J connectivity index is 0.000000244. The molecule has 0 saturated carbocycles. The number of alkyl halides is 1. The molecule has 2 aromatic heterocycles. The van der Waals surface area contributed by atoms with E-state index in [9.17, 15) is 4.79 Å². The van der Waals surface area contributed by atoms with Gasteiger partial charge in [-0.2, -0.15) is 0 Å². The lowest BCUT2D eigenvalue weighted by Gasteiger charge is -2.31. The van der Waals surface area contributed by atoms with Crippen molar-refractivity contribution in [3.63, 3.8) is 0 Å². The first-order valence-electron chi connectivity index (χ1n) is 8.60. The number of carbonyl (C=O) groups is 1. The normalized spacial score (nSPS) is 14.4. The monoisotopic (exact) mass is 561 g/mol. The van der Waals surface area contributed by atoms with Crippen LogP contribution in [-0.2, 0) is 21.5 Å². The number of pyridine rings is 2. The lowest BCUT2D eigenvalue weighted by Crippen LogP contribution is -2.39. The summed E-state index contributed by atoms with van der Waals surface area (Å²) in [5.74, 6) is 0.157. The van der Waals surface area contributed by atoms with Gasteiger partial charge in [0, 0.05) is 59.1 Å². The van der Waals surface area contributed by atoms with Crippen molar-refractivity contribution in [3.8, 4) is 0 Å². The Kier molecular flexibility index (Phi) is 9.89. The van der Waals surface area contributed by atoms with Gasteiger partial charge in [-0.05, 0) is 68.0 Å². The molecule has 0 spiro atoms. The Morgan fingerprint density at radius 3 is 2.11 bits per heavy atom. The average Bonchev–Trinajstić information content (AvgIpc) is 2.67. The van der Waals surface area contributed by atoms with Gasteiger partial charge >= 0.3 is 0 Å². The predicted octanol–water partition coefficient (Wildman–Crippen LogP) is 5.11. The third kappa shape index (κ3) is 8.37. The number of carbonyl (C=O) groups excluding carboxylic acids is 1. The lowest BCUT2D eigenvalue weighted by atomic mass is 10.1. The third-order valence-electron chi connectivity index (χ3n) is 4.05. The smallest absolute Gasteiger partial charge is 0.219 e. The number of rotatable bonds is 4. The highest BCUT2D eigenvalue weighted by molar-refractivity contribution is 9.10. The molecule has 3 heterocycles. The highest BCUT2D eigenvalue weighted by atomic mass is 79.9. The molecule has 0 N–H and O–H groups in total. The van der Waals surface area contributed by atoms with Gasteiger partial charge in [0.15, 0.2) is 0 Å². The molecule has 1 amide bonds. The van der Waals surface area contributed by atoms with Gasteiger partial charge in [0.25, 0.3) is 0 Å². The standard InChI is InChI=1S/C13H17BrN2O2.C6H5Br2N/c1-10(17)16-4-2-13(3-5-16)18-9-11-6-12(14)8-15-7-11;7-2-5-1-6(8)4-9-3-5/h6-8,13H,2-5,9H2,1H3;1,3-4H,2H2. The lowest BCUT2D eigenvalue weighted by molar-refractivity contribution is -0.131. The average molecular weight is 564 g/mol. The van der Waals surface area contributed by atoms with Gasteiger partial charge in [-0.3, -0.25) is 14.8 Å². The summed E-state index contributed by atoms with van der Waals surface area (Å²) in [5.41, 5.74) is 2.25. The van der Waals surface area contributed by atoms with Crippen LogP contribution in [0.2, 0.25) is 0 Å². The van der Waals surface area contributed by atoms with Crippen LogP contribution in [0.5, 0.6) is 0 Å². The van der Waals surface area contributed by atoms with Crippen molar-refractivity contribution in [2.75, 3.05) is 13.1 Å². The quantitative estimate of drug-likeness (QED) is 0.485. The molecule has 1 saturated heterocycles. The van der Waals surface area contributed by atoms with Gasteiger partial charge in [-0.15, -0.1) is 0 Å². The number of amides is 1. The number of aromatic nitrogens is 2. The van der Waals surface area contributed by atoms with E-state index in [1.165, 1.54) is 5.56 Å². The van der Waals surface area contributed by atoms with Crippen molar-refractivity contribution in [1.82, 2.24) is 14.9 Å². The van der Waals surface area contributed by atoms with E-state index in [-0.39, 0.29) is 12.0 Å². The minimum absolute atomic E-state index is 0.157. The van der Waals surface area contributed by atoms with Crippen molar-refractivity contribution in [2.45, 2.75) is 37.8 Å². The molecule has 0 unspecified atom stereocenters. The van der Waals surface area contributed by atoms with Gasteiger partial charge in [-0.1, -0.05) is 15.9 Å². The highest BCUT2D eigenvalue weighted by Crippen LogP contribution is 2.17. The first-order chi connectivity index (χ1) is 13.0. The van der Waals surface area contributed by atoms with Crippen LogP contribution in [0.15, 0.2) is 45.9 Å². The summed E-state index contributed by atoms with van der Waals surface area (Å²) >= 11 is 10.0. The molecule has 0 radical (unpaired) electrons. The van der Waals surface area contributed by atoms with Crippen molar-refractivity contribution in [3.05, 3.63) is 57.0 Å². The summed E-state index contributed by atoms with van der Waals surface area (Å²) in [6, 6.07) is 4.04. The number of likely N-dealkylation sites (tertiary alicyclic amines) is 1. The van der Waals surface area contributed by atoms with Crippen LogP contribution in [0.25, 0.3) is 0 Å². The molecule has 0 atom stereocenters.